The monoisotopic (exact) mass is 335 g/mol. The fourth-order valence-electron chi connectivity index (χ4n) is 4.53. The van der Waals surface area contributed by atoms with Crippen LogP contribution in [0.4, 0.5) is 4.79 Å². The first-order valence-electron chi connectivity index (χ1n) is 9.81. The smallest absolute Gasteiger partial charge is 0.320 e. The molecular formula is C19H33N3O2. The third-order valence-electron chi connectivity index (χ3n) is 6.03. The molecule has 3 aliphatic rings. The molecule has 24 heavy (non-hydrogen) atoms. The van der Waals surface area contributed by atoms with E-state index < -0.39 is 0 Å². The number of carbonyl (C=O) groups excluding carboxylic acids is 2. The molecule has 3 amide bonds. The molecule has 136 valence electrons. The summed E-state index contributed by atoms with van der Waals surface area (Å²) >= 11 is 0. The molecule has 1 atom stereocenters. The fraction of sp³-hybridized carbons (Fsp3) is 0.895. The van der Waals surface area contributed by atoms with Gasteiger partial charge in [0.2, 0.25) is 5.91 Å². The van der Waals surface area contributed by atoms with Crippen molar-refractivity contribution in [2.75, 3.05) is 39.3 Å². The quantitative estimate of drug-likeness (QED) is 0.796. The van der Waals surface area contributed by atoms with Crippen molar-refractivity contribution in [1.29, 1.82) is 0 Å². The van der Waals surface area contributed by atoms with E-state index in [1.807, 2.05) is 4.90 Å². The number of hydrogen-bond donors (Lipinski definition) is 0. The van der Waals surface area contributed by atoms with Gasteiger partial charge in [-0.05, 0) is 44.4 Å². The highest BCUT2D eigenvalue weighted by atomic mass is 16.2. The molecule has 1 spiro atoms. The van der Waals surface area contributed by atoms with E-state index >= 15 is 0 Å². The summed E-state index contributed by atoms with van der Waals surface area (Å²) in [5.74, 6) is 0.930. The zero-order chi connectivity index (χ0) is 17.2. The van der Waals surface area contributed by atoms with Crippen LogP contribution in [0.25, 0.3) is 0 Å². The van der Waals surface area contributed by atoms with E-state index in [0.717, 1.165) is 77.8 Å². The predicted molar refractivity (Wildman–Crippen MR) is 94.7 cm³/mol. The molecule has 0 saturated carbocycles. The number of urea groups is 1. The lowest BCUT2D eigenvalue weighted by molar-refractivity contribution is -0.139. The van der Waals surface area contributed by atoms with Crippen LogP contribution in [-0.4, -0.2) is 65.9 Å². The van der Waals surface area contributed by atoms with Crippen LogP contribution in [0.2, 0.25) is 0 Å². The van der Waals surface area contributed by atoms with E-state index in [1.54, 1.807) is 0 Å². The van der Waals surface area contributed by atoms with Crippen LogP contribution in [0.1, 0.15) is 58.8 Å². The number of nitrogens with zero attached hydrogens (tertiary/aromatic N) is 3. The Kier molecular flexibility index (Phi) is 5.36. The lowest BCUT2D eigenvalue weighted by Crippen LogP contribution is -2.56. The summed E-state index contributed by atoms with van der Waals surface area (Å²) in [7, 11) is 0. The third-order valence-corrected chi connectivity index (χ3v) is 6.03. The molecule has 0 radical (unpaired) electrons. The zero-order valence-corrected chi connectivity index (χ0v) is 15.4. The number of hydrogen-bond acceptors (Lipinski definition) is 2. The van der Waals surface area contributed by atoms with Gasteiger partial charge in [-0.25, -0.2) is 4.79 Å². The second kappa shape index (κ2) is 7.32. The van der Waals surface area contributed by atoms with Gasteiger partial charge in [-0.3, -0.25) is 4.79 Å². The molecule has 0 aromatic heterocycles. The maximum absolute atomic E-state index is 12.8. The summed E-state index contributed by atoms with van der Waals surface area (Å²) in [6.07, 6.45) is 7.19. The molecule has 0 bridgehead atoms. The Labute approximate surface area is 146 Å². The molecule has 0 aliphatic carbocycles. The third kappa shape index (κ3) is 3.86. The van der Waals surface area contributed by atoms with Gasteiger partial charge in [-0.1, -0.05) is 13.8 Å². The number of amides is 3. The van der Waals surface area contributed by atoms with E-state index in [2.05, 4.69) is 23.6 Å². The second-order valence-electron chi connectivity index (χ2n) is 8.50. The Morgan fingerprint density at radius 2 is 1.75 bits per heavy atom. The Bertz CT molecular complexity index is 473. The molecule has 5 nitrogen and oxygen atoms in total. The molecule has 0 aromatic rings. The summed E-state index contributed by atoms with van der Waals surface area (Å²) < 4.78 is 0. The van der Waals surface area contributed by atoms with Crippen molar-refractivity contribution in [2.24, 2.45) is 11.3 Å². The van der Waals surface area contributed by atoms with Crippen LogP contribution in [0, 0.1) is 11.3 Å². The van der Waals surface area contributed by atoms with Gasteiger partial charge in [0, 0.05) is 51.1 Å². The van der Waals surface area contributed by atoms with Crippen molar-refractivity contribution in [3.05, 3.63) is 0 Å². The van der Waals surface area contributed by atoms with Crippen molar-refractivity contribution in [2.45, 2.75) is 58.8 Å². The van der Waals surface area contributed by atoms with Crippen LogP contribution in [0.15, 0.2) is 0 Å². The highest BCUT2D eigenvalue weighted by molar-refractivity contribution is 5.77. The number of likely N-dealkylation sites (tertiary alicyclic amines) is 3. The van der Waals surface area contributed by atoms with Gasteiger partial charge in [0.25, 0.3) is 0 Å². The zero-order valence-electron chi connectivity index (χ0n) is 15.4. The van der Waals surface area contributed by atoms with Gasteiger partial charge < -0.3 is 14.7 Å². The summed E-state index contributed by atoms with van der Waals surface area (Å²) in [4.78, 5) is 31.2. The Morgan fingerprint density at radius 3 is 2.46 bits per heavy atom. The first-order chi connectivity index (χ1) is 11.5. The maximum atomic E-state index is 12.8. The average Bonchev–Trinajstić information content (AvgIpc) is 3.10. The maximum Gasteiger partial charge on any atom is 0.320 e. The molecular weight excluding hydrogens is 302 g/mol. The Morgan fingerprint density at radius 1 is 1.04 bits per heavy atom. The molecule has 3 saturated heterocycles. The molecule has 3 aliphatic heterocycles. The van der Waals surface area contributed by atoms with Crippen molar-refractivity contribution in [3.63, 3.8) is 0 Å². The van der Waals surface area contributed by atoms with Crippen LogP contribution < -0.4 is 0 Å². The van der Waals surface area contributed by atoms with Gasteiger partial charge >= 0.3 is 6.03 Å². The summed E-state index contributed by atoms with van der Waals surface area (Å²) in [5.41, 5.74) is 0.137. The van der Waals surface area contributed by atoms with Crippen LogP contribution in [0.3, 0.4) is 0 Å². The molecule has 3 heterocycles. The van der Waals surface area contributed by atoms with E-state index in [1.165, 1.54) is 0 Å². The predicted octanol–water partition coefficient (Wildman–Crippen LogP) is 2.95. The average molecular weight is 335 g/mol. The highest BCUT2D eigenvalue weighted by Gasteiger charge is 2.43. The van der Waals surface area contributed by atoms with E-state index in [0.29, 0.717) is 18.2 Å². The first kappa shape index (κ1) is 17.6. The van der Waals surface area contributed by atoms with E-state index in [4.69, 9.17) is 0 Å². The topological polar surface area (TPSA) is 43.9 Å². The minimum atomic E-state index is 0.137. The van der Waals surface area contributed by atoms with Crippen LogP contribution in [-0.2, 0) is 4.79 Å². The molecule has 0 N–H and O–H groups in total. The summed E-state index contributed by atoms with van der Waals surface area (Å²) in [6, 6.07) is 0.234. The van der Waals surface area contributed by atoms with Gasteiger partial charge in [0.15, 0.2) is 0 Å². The largest absolute Gasteiger partial charge is 0.342 e. The molecule has 0 unspecified atom stereocenters. The Hall–Kier alpha value is -1.26. The molecule has 3 rings (SSSR count). The second-order valence-corrected chi connectivity index (χ2v) is 8.50. The van der Waals surface area contributed by atoms with Gasteiger partial charge in [0.05, 0.1) is 0 Å². The van der Waals surface area contributed by atoms with Gasteiger partial charge in [0.1, 0.15) is 0 Å². The number of rotatable bonds is 3. The van der Waals surface area contributed by atoms with Crippen LogP contribution in [0.5, 0.6) is 0 Å². The van der Waals surface area contributed by atoms with E-state index in [-0.39, 0.29) is 11.4 Å². The fourth-order valence-corrected chi connectivity index (χ4v) is 4.53. The molecule has 3 fully saturated rings. The number of piperidine rings is 2. The van der Waals surface area contributed by atoms with Gasteiger partial charge in [-0.2, -0.15) is 0 Å². The number of carbonyl (C=O) groups is 2. The first-order valence-corrected chi connectivity index (χ1v) is 9.81. The molecule has 0 aromatic carbocycles. The van der Waals surface area contributed by atoms with Crippen molar-refractivity contribution < 1.29 is 9.59 Å². The lowest BCUT2D eigenvalue weighted by Gasteiger charge is -2.48. The standard InChI is InChI=1S/C19H33N3O2/c1-16(2)7-13-21-14-19(9-6-17(21)23)8-5-12-22(15-19)18(24)20-10-3-4-11-20/h16H,3-15H2,1-2H3/t19-/m0/s1. The Balaban J connectivity index is 1.63. The summed E-state index contributed by atoms with van der Waals surface area (Å²) in [6.45, 7) is 9.70. The minimum absolute atomic E-state index is 0.137. The SMILES string of the molecule is CC(C)CCN1C[C@]2(CCCN(C(=O)N3CCCC3)C2)CCC1=O. The van der Waals surface area contributed by atoms with Gasteiger partial charge in [-0.15, -0.1) is 0 Å². The van der Waals surface area contributed by atoms with Crippen LogP contribution >= 0.6 is 0 Å². The van der Waals surface area contributed by atoms with E-state index in [9.17, 15) is 9.59 Å². The van der Waals surface area contributed by atoms with Crippen molar-refractivity contribution in [1.82, 2.24) is 14.7 Å². The highest BCUT2D eigenvalue weighted by Crippen LogP contribution is 2.39. The van der Waals surface area contributed by atoms with Crippen molar-refractivity contribution >= 4 is 11.9 Å². The summed E-state index contributed by atoms with van der Waals surface area (Å²) in [5, 5.41) is 0. The van der Waals surface area contributed by atoms with Crippen molar-refractivity contribution in [3.8, 4) is 0 Å². The minimum Gasteiger partial charge on any atom is -0.342 e. The lowest BCUT2D eigenvalue weighted by atomic mass is 9.73. The normalized spacial score (nSPS) is 28.3. The molecule has 5 heteroatoms.